The van der Waals surface area contributed by atoms with Crippen molar-refractivity contribution < 1.29 is 0 Å². The molecule has 108 valence electrons. The van der Waals surface area contributed by atoms with Crippen LogP contribution in [0, 0.1) is 0 Å². The highest BCUT2D eigenvalue weighted by Gasteiger charge is 2.25. The van der Waals surface area contributed by atoms with E-state index in [2.05, 4.69) is 60.0 Å². The third-order valence-corrected chi connectivity index (χ3v) is 45.2. The Morgan fingerprint density at radius 3 is 0.722 bits per heavy atom. The summed E-state index contributed by atoms with van der Waals surface area (Å²) in [7, 11) is 0.0970. The molecule has 1 fully saturated rings. The van der Waals surface area contributed by atoms with E-state index in [9.17, 15) is 0 Å². The first-order chi connectivity index (χ1) is 7.82. The molecule has 0 bridgehead atoms. The molecular weight excluding hydrogens is 321 g/mol. The van der Waals surface area contributed by atoms with Gasteiger partial charge in [-0.2, -0.15) is 0 Å². The first kappa shape index (κ1) is 18.0. The lowest BCUT2D eigenvalue weighted by atomic mass is 11.8. The van der Waals surface area contributed by atoms with Gasteiger partial charge in [0, 0.05) is 24.1 Å². The van der Waals surface area contributed by atoms with Gasteiger partial charge in [0.2, 0.25) is 0 Å². The molecule has 0 unspecified atom stereocenters. The van der Waals surface area contributed by atoms with E-state index in [4.69, 9.17) is 0 Å². The zero-order valence-corrected chi connectivity index (χ0v) is 19.6. The lowest BCUT2D eigenvalue weighted by molar-refractivity contribution is 1.67. The van der Waals surface area contributed by atoms with Crippen LogP contribution in [0.25, 0.3) is 0 Å². The molecule has 0 aliphatic carbocycles. The fraction of sp³-hybridized carbons (Fsp3) is 1.00. The number of rotatable bonds is 0. The van der Waals surface area contributed by atoms with Gasteiger partial charge in [0.05, 0.1) is 0 Å². The van der Waals surface area contributed by atoms with Crippen molar-refractivity contribution in [1.82, 2.24) is 0 Å². The monoisotopic (exact) mass is 354 g/mol. The van der Waals surface area contributed by atoms with E-state index in [-0.39, 0.29) is 24.1 Å². The van der Waals surface area contributed by atoms with Crippen molar-refractivity contribution in [2.24, 2.45) is 0 Å². The van der Waals surface area contributed by atoms with Crippen LogP contribution >= 0.6 is 19.2 Å². The summed E-state index contributed by atoms with van der Waals surface area (Å²) in [6.07, 6.45) is -1.55. The summed E-state index contributed by atoms with van der Waals surface area (Å²) >= 11 is 0. The highest BCUT2D eigenvalue weighted by molar-refractivity contribution is 7.88. The van der Waals surface area contributed by atoms with Crippen LogP contribution in [-0.4, -0.2) is 84.1 Å². The van der Waals surface area contributed by atoms with E-state index in [1.165, 1.54) is 0 Å². The first-order valence-electron chi connectivity index (χ1n) is 6.82. The third-order valence-electron chi connectivity index (χ3n) is 4.07. The molecule has 1 aliphatic heterocycles. The molecule has 0 saturated carbocycles. The summed E-state index contributed by atoms with van der Waals surface area (Å²) in [5, 5.41) is 0. The highest BCUT2D eigenvalue weighted by atomic mass is 31.3. The van der Waals surface area contributed by atoms with Crippen LogP contribution in [0.1, 0.15) is 0 Å². The maximum absolute atomic E-state index is 2.65. The van der Waals surface area contributed by atoms with Crippen molar-refractivity contribution in [1.29, 1.82) is 0 Å². The maximum Gasteiger partial charge on any atom is 0.00940 e. The van der Waals surface area contributed by atoms with Crippen molar-refractivity contribution in [3.63, 3.8) is 0 Å². The topological polar surface area (TPSA) is 0 Å². The molecule has 18 heavy (non-hydrogen) atoms. The zero-order valence-electron chi connectivity index (χ0n) is 14.0. The van der Waals surface area contributed by atoms with Gasteiger partial charge in [-0.3, -0.25) is 0 Å². The van der Waals surface area contributed by atoms with Crippen LogP contribution in [0.15, 0.2) is 0 Å². The van der Waals surface area contributed by atoms with Gasteiger partial charge in [-0.05, 0) is 77.0 Å². The van der Waals surface area contributed by atoms with Crippen LogP contribution in [0.2, 0.25) is 17.0 Å². The van der Waals surface area contributed by atoms with Crippen molar-refractivity contribution in [3.8, 4) is 0 Å². The van der Waals surface area contributed by atoms with Crippen LogP contribution < -0.4 is 0 Å². The van der Waals surface area contributed by atoms with Crippen molar-refractivity contribution >= 4 is 43.3 Å². The molecule has 1 heterocycles. The van der Waals surface area contributed by atoms with E-state index < -0.39 is 19.2 Å². The van der Waals surface area contributed by atoms with E-state index in [1.807, 2.05) is 0 Å². The van der Waals surface area contributed by atoms with Crippen LogP contribution in [0.3, 0.4) is 0 Å². The van der Waals surface area contributed by atoms with Gasteiger partial charge < -0.3 is 0 Å². The Bertz CT molecular complexity index is 398. The molecule has 1 rings (SSSR count). The molecular formula is C12H33P3Si3. The maximum atomic E-state index is 2.65. The highest BCUT2D eigenvalue weighted by Crippen LogP contribution is 2.47. The molecule has 1 saturated heterocycles. The van der Waals surface area contributed by atoms with Gasteiger partial charge in [-0.1, -0.05) is 0 Å². The van der Waals surface area contributed by atoms with Crippen LogP contribution in [-0.2, 0) is 0 Å². The summed E-state index contributed by atoms with van der Waals surface area (Å²) in [5.74, 6) is 0. The minimum absolute atomic E-state index is 0.0323. The average Bonchev–Trinajstić information content (AvgIpc) is 2.13. The predicted octanol–water partition coefficient (Wildman–Crippen LogP) is 4.31. The van der Waals surface area contributed by atoms with Crippen molar-refractivity contribution in [3.05, 3.63) is 0 Å². The predicted molar refractivity (Wildman–Crippen MR) is 106 cm³/mol. The minimum atomic E-state index is -0.517. The second-order valence-corrected chi connectivity index (χ2v) is 45.7. The average molecular weight is 355 g/mol. The molecule has 0 atom stereocenters. The summed E-state index contributed by atoms with van der Waals surface area (Å²) in [4.78, 5) is 0. The molecule has 1 aliphatic rings. The summed E-state index contributed by atoms with van der Waals surface area (Å²) in [6, 6.07) is 0. The normalized spacial score (nSPS) is 19.5. The Hall–Kier alpha value is 1.94. The zero-order chi connectivity index (χ0) is 14.4. The van der Waals surface area contributed by atoms with E-state index >= 15 is 0 Å². The molecule has 0 radical (unpaired) electrons. The lowest BCUT2D eigenvalue weighted by Crippen LogP contribution is -2.28. The molecule has 0 aromatic heterocycles. The van der Waals surface area contributed by atoms with Crippen LogP contribution in [0.5, 0.6) is 0 Å². The fourth-order valence-corrected chi connectivity index (χ4v) is 63.5. The Balaban J connectivity index is 3.47. The Morgan fingerprint density at radius 1 is 0.444 bits per heavy atom. The van der Waals surface area contributed by atoms with Crippen molar-refractivity contribution in [2.75, 3.05) is 60.0 Å². The molecule has 0 N–H and O–H groups in total. The van der Waals surface area contributed by atoms with Gasteiger partial charge in [0.1, 0.15) is 0 Å². The largest absolute Gasteiger partial charge is 0.131 e. The summed E-state index contributed by atoms with van der Waals surface area (Å²) < 4.78 is 0. The van der Waals surface area contributed by atoms with Gasteiger partial charge in [0.15, 0.2) is 0 Å². The third kappa shape index (κ3) is 5.05. The van der Waals surface area contributed by atoms with E-state index in [0.717, 1.165) is 0 Å². The van der Waals surface area contributed by atoms with Gasteiger partial charge in [0.25, 0.3) is 0 Å². The first-order valence-corrected chi connectivity index (χ1v) is 24.5. The molecule has 0 aromatic carbocycles. The molecule has 0 aromatic rings. The second-order valence-electron chi connectivity index (χ2n) is 8.27. The molecule has 0 nitrogen and oxygen atoms in total. The Labute approximate surface area is 120 Å². The van der Waals surface area contributed by atoms with Gasteiger partial charge >= 0.3 is 0 Å². The molecule has 6 heteroatoms. The summed E-state index contributed by atoms with van der Waals surface area (Å²) in [6.45, 7) is 23.8. The Kier molecular flexibility index (Phi) is 5.97. The lowest BCUT2D eigenvalue weighted by Gasteiger charge is -2.32. The van der Waals surface area contributed by atoms with Crippen LogP contribution in [0.4, 0.5) is 0 Å². The standard InChI is InChI=1S/C12H33P3Si3/c1-13(2,3)16-10-17(14(4,5)6)12-18(11-16)15(7,8)9/h10-12H2,1-9H3. The smallest absolute Gasteiger partial charge is 0.00940 e. The van der Waals surface area contributed by atoms with E-state index in [1.54, 1.807) is 17.0 Å². The van der Waals surface area contributed by atoms with E-state index in [0.29, 0.717) is 0 Å². The molecule has 0 amide bonds. The molecule has 0 spiro atoms. The number of hydrogen-bond acceptors (Lipinski definition) is 0. The van der Waals surface area contributed by atoms with Gasteiger partial charge in [-0.25, -0.2) is 0 Å². The number of hydrogen-bond donors (Lipinski definition) is 0. The van der Waals surface area contributed by atoms with Gasteiger partial charge in [-0.15, -0.1) is 19.2 Å². The minimum Gasteiger partial charge on any atom is -0.131 e. The Morgan fingerprint density at radius 2 is 0.611 bits per heavy atom. The summed E-state index contributed by atoms with van der Waals surface area (Å²) in [5.41, 5.74) is 5.33. The fourth-order valence-electron chi connectivity index (χ4n) is 2.32. The quantitative estimate of drug-likeness (QED) is 0.449. The second kappa shape index (κ2) is 5.98. The van der Waals surface area contributed by atoms with Crippen molar-refractivity contribution in [2.45, 2.75) is 17.0 Å². The SMILES string of the molecule is CP(C)(C)=[Si]1C[Si](=P(C)(C)C)C[Si](=P(C)(C)C)C1.